The number of nitro groups is 1. The number of nitro benzene ring substituents is 1. The molecule has 0 spiro atoms. The van der Waals surface area contributed by atoms with Crippen molar-refractivity contribution in [1.82, 2.24) is 0 Å². The van der Waals surface area contributed by atoms with Crippen LogP contribution in [-0.4, -0.2) is 31.1 Å². The highest BCUT2D eigenvalue weighted by Gasteiger charge is 2.27. The van der Waals surface area contributed by atoms with Crippen molar-refractivity contribution in [2.75, 3.05) is 25.1 Å². The Kier molecular flexibility index (Phi) is 4.40. The smallest absolute Gasteiger partial charge is 0.340 e. The molecule has 0 radical (unpaired) electrons. The molecule has 114 valence electrons. The van der Waals surface area contributed by atoms with Gasteiger partial charge in [-0.05, 0) is 24.8 Å². The van der Waals surface area contributed by atoms with Crippen LogP contribution in [0.15, 0.2) is 12.1 Å². The fourth-order valence-corrected chi connectivity index (χ4v) is 2.63. The number of nitrogens with zero attached hydrogens (tertiary/aromatic N) is 2. The molecule has 0 saturated carbocycles. The number of ether oxygens (including phenoxy) is 1. The van der Waals surface area contributed by atoms with E-state index in [9.17, 15) is 19.3 Å². The minimum absolute atomic E-state index is 0.272. The summed E-state index contributed by atoms with van der Waals surface area (Å²) in [6.07, 6.45) is 1.96. The Hall–Kier alpha value is -2.18. The van der Waals surface area contributed by atoms with Gasteiger partial charge in [-0.1, -0.05) is 6.92 Å². The van der Waals surface area contributed by atoms with E-state index in [-0.39, 0.29) is 16.9 Å². The van der Waals surface area contributed by atoms with Gasteiger partial charge in [0, 0.05) is 13.1 Å². The van der Waals surface area contributed by atoms with Gasteiger partial charge < -0.3 is 9.64 Å². The third-order valence-electron chi connectivity index (χ3n) is 3.66. The number of benzene rings is 1. The largest absolute Gasteiger partial charge is 0.465 e. The molecule has 7 heteroatoms. The zero-order valence-electron chi connectivity index (χ0n) is 12.0. The maximum Gasteiger partial charge on any atom is 0.340 e. The van der Waals surface area contributed by atoms with Gasteiger partial charge in [-0.3, -0.25) is 10.1 Å². The predicted octanol–water partition coefficient (Wildman–Crippen LogP) is 2.76. The van der Waals surface area contributed by atoms with Crippen LogP contribution in [-0.2, 0) is 4.74 Å². The van der Waals surface area contributed by atoms with Gasteiger partial charge in [0.05, 0.1) is 23.7 Å². The number of carbonyl (C=O) groups excluding carboxylic acids is 1. The van der Waals surface area contributed by atoms with Crippen LogP contribution in [0.25, 0.3) is 0 Å². The van der Waals surface area contributed by atoms with E-state index in [1.54, 1.807) is 0 Å². The van der Waals surface area contributed by atoms with E-state index < -0.39 is 16.7 Å². The van der Waals surface area contributed by atoms with Crippen LogP contribution >= 0.6 is 0 Å². The van der Waals surface area contributed by atoms with Gasteiger partial charge in [0.25, 0.3) is 5.69 Å². The summed E-state index contributed by atoms with van der Waals surface area (Å²) in [4.78, 5) is 23.9. The summed E-state index contributed by atoms with van der Waals surface area (Å²) in [7, 11) is 1.14. The average Bonchev–Trinajstić information content (AvgIpc) is 2.46. The summed E-state index contributed by atoms with van der Waals surface area (Å²) in [6, 6.07) is 2.01. The maximum atomic E-state index is 13.8. The molecule has 1 atom stereocenters. The first-order chi connectivity index (χ1) is 9.93. The van der Waals surface area contributed by atoms with Gasteiger partial charge >= 0.3 is 5.97 Å². The Morgan fingerprint density at radius 2 is 2.24 bits per heavy atom. The first-order valence-corrected chi connectivity index (χ1v) is 6.75. The number of piperidine rings is 1. The third-order valence-corrected chi connectivity index (χ3v) is 3.66. The number of methoxy groups -OCH3 is 1. The minimum Gasteiger partial charge on any atom is -0.465 e. The number of halogens is 1. The highest BCUT2D eigenvalue weighted by molar-refractivity contribution is 5.92. The zero-order valence-corrected chi connectivity index (χ0v) is 12.0. The van der Waals surface area contributed by atoms with Crippen molar-refractivity contribution in [3.63, 3.8) is 0 Å². The molecule has 1 aliphatic heterocycles. The molecule has 1 aromatic carbocycles. The van der Waals surface area contributed by atoms with Crippen LogP contribution in [0, 0.1) is 21.8 Å². The van der Waals surface area contributed by atoms with Crippen molar-refractivity contribution >= 4 is 17.3 Å². The van der Waals surface area contributed by atoms with E-state index in [0.29, 0.717) is 19.0 Å². The summed E-state index contributed by atoms with van der Waals surface area (Å²) in [6.45, 7) is 3.35. The lowest BCUT2D eigenvalue weighted by Crippen LogP contribution is -2.34. The molecule has 1 saturated heterocycles. The van der Waals surface area contributed by atoms with Crippen molar-refractivity contribution in [3.8, 4) is 0 Å². The SMILES string of the molecule is COC(=O)c1cc(N2CCCC(C)C2)c([N+](=O)[O-])cc1F. The average molecular weight is 296 g/mol. The normalized spacial score (nSPS) is 18.4. The molecule has 0 aromatic heterocycles. The highest BCUT2D eigenvalue weighted by atomic mass is 19.1. The monoisotopic (exact) mass is 296 g/mol. The molecule has 1 unspecified atom stereocenters. The van der Waals surface area contributed by atoms with Crippen LogP contribution in [0.5, 0.6) is 0 Å². The molecule has 1 aliphatic rings. The molecule has 1 aromatic rings. The van der Waals surface area contributed by atoms with E-state index in [2.05, 4.69) is 11.7 Å². The number of anilines is 1. The third kappa shape index (κ3) is 3.12. The first-order valence-electron chi connectivity index (χ1n) is 6.75. The van der Waals surface area contributed by atoms with Crippen molar-refractivity contribution < 1.29 is 18.8 Å². The standard InChI is InChI=1S/C14H17FN2O4/c1-9-4-3-5-16(8-9)12-6-10(14(18)21-2)11(15)7-13(12)17(19)20/h6-7,9H,3-5,8H2,1-2H3. The highest BCUT2D eigenvalue weighted by Crippen LogP contribution is 2.34. The Balaban J connectivity index is 2.50. The molecule has 0 aliphatic carbocycles. The van der Waals surface area contributed by atoms with Crippen LogP contribution < -0.4 is 4.90 Å². The van der Waals surface area contributed by atoms with Crippen molar-refractivity contribution in [2.24, 2.45) is 5.92 Å². The fraction of sp³-hybridized carbons (Fsp3) is 0.500. The quantitative estimate of drug-likeness (QED) is 0.487. The predicted molar refractivity (Wildman–Crippen MR) is 75.0 cm³/mol. The number of hydrogen-bond acceptors (Lipinski definition) is 5. The zero-order chi connectivity index (χ0) is 15.6. The lowest BCUT2D eigenvalue weighted by molar-refractivity contribution is -0.384. The Labute approximate surface area is 121 Å². The summed E-state index contributed by atoms with van der Waals surface area (Å²) >= 11 is 0. The number of carbonyl (C=O) groups is 1. The lowest BCUT2D eigenvalue weighted by Gasteiger charge is -2.32. The van der Waals surface area contributed by atoms with Crippen LogP contribution in [0.3, 0.4) is 0 Å². The molecule has 1 heterocycles. The van der Waals surface area contributed by atoms with Crippen molar-refractivity contribution in [3.05, 3.63) is 33.6 Å². The van der Waals surface area contributed by atoms with Gasteiger partial charge in [0.15, 0.2) is 0 Å². The van der Waals surface area contributed by atoms with Gasteiger partial charge in [-0.15, -0.1) is 0 Å². The minimum atomic E-state index is -0.942. The first kappa shape index (κ1) is 15.2. The van der Waals surface area contributed by atoms with Crippen molar-refractivity contribution in [1.29, 1.82) is 0 Å². The van der Waals surface area contributed by atoms with E-state index in [1.807, 2.05) is 4.90 Å². The van der Waals surface area contributed by atoms with Gasteiger partial charge in [-0.25, -0.2) is 9.18 Å². The topological polar surface area (TPSA) is 72.7 Å². The molecule has 6 nitrogen and oxygen atoms in total. The molecule has 0 bridgehead atoms. The summed E-state index contributed by atoms with van der Waals surface area (Å²) in [5.41, 5.74) is -0.334. The Morgan fingerprint density at radius 3 is 2.81 bits per heavy atom. The van der Waals surface area contributed by atoms with Crippen LogP contribution in [0.2, 0.25) is 0 Å². The molecular formula is C14H17FN2O4. The molecule has 0 amide bonds. The molecule has 1 fully saturated rings. The number of rotatable bonds is 3. The second-order valence-corrected chi connectivity index (χ2v) is 5.26. The van der Waals surface area contributed by atoms with Gasteiger partial charge in [0.1, 0.15) is 11.5 Å². The fourth-order valence-electron chi connectivity index (χ4n) is 2.63. The van der Waals surface area contributed by atoms with E-state index in [4.69, 9.17) is 0 Å². The van der Waals surface area contributed by atoms with E-state index in [1.165, 1.54) is 6.07 Å². The van der Waals surface area contributed by atoms with Gasteiger partial charge in [-0.2, -0.15) is 0 Å². The van der Waals surface area contributed by atoms with Crippen molar-refractivity contribution in [2.45, 2.75) is 19.8 Å². The Morgan fingerprint density at radius 1 is 1.52 bits per heavy atom. The van der Waals surface area contributed by atoms with Crippen LogP contribution in [0.4, 0.5) is 15.8 Å². The maximum absolute atomic E-state index is 13.8. The second-order valence-electron chi connectivity index (χ2n) is 5.26. The number of esters is 1. The summed E-state index contributed by atoms with van der Waals surface area (Å²) in [5, 5.41) is 11.1. The molecular weight excluding hydrogens is 279 g/mol. The molecule has 0 N–H and O–H groups in total. The lowest BCUT2D eigenvalue weighted by atomic mass is 9.99. The molecule has 2 rings (SSSR count). The van der Waals surface area contributed by atoms with Gasteiger partial charge in [0.2, 0.25) is 0 Å². The molecule has 21 heavy (non-hydrogen) atoms. The van der Waals surface area contributed by atoms with Crippen LogP contribution in [0.1, 0.15) is 30.1 Å². The summed E-state index contributed by atoms with van der Waals surface area (Å²) < 4.78 is 18.4. The summed E-state index contributed by atoms with van der Waals surface area (Å²) in [5.74, 6) is -1.39. The van der Waals surface area contributed by atoms with E-state index in [0.717, 1.165) is 26.0 Å². The van der Waals surface area contributed by atoms with E-state index >= 15 is 0 Å². The second kappa shape index (κ2) is 6.07. The Bertz CT molecular complexity index is 576. The number of hydrogen-bond donors (Lipinski definition) is 0.